The smallest absolute Gasteiger partial charge is 0.257 e. The number of carbonyl (C=O) groups is 1. The van der Waals surface area contributed by atoms with Gasteiger partial charge >= 0.3 is 0 Å². The van der Waals surface area contributed by atoms with E-state index in [0.29, 0.717) is 24.4 Å². The summed E-state index contributed by atoms with van der Waals surface area (Å²) in [7, 11) is 0. The molecule has 0 unspecified atom stereocenters. The van der Waals surface area contributed by atoms with Gasteiger partial charge in [0.1, 0.15) is 23.2 Å². The molecule has 1 N–H and O–H groups in total. The number of benzene rings is 2. The Balaban J connectivity index is 1.24. The van der Waals surface area contributed by atoms with Crippen LogP contribution in [0.15, 0.2) is 42.5 Å². The van der Waals surface area contributed by atoms with Gasteiger partial charge in [-0.1, -0.05) is 31.2 Å². The van der Waals surface area contributed by atoms with E-state index in [1.165, 1.54) is 11.1 Å². The fourth-order valence-corrected chi connectivity index (χ4v) is 5.87. The van der Waals surface area contributed by atoms with E-state index in [9.17, 15) is 9.90 Å². The molecule has 0 saturated carbocycles. The summed E-state index contributed by atoms with van der Waals surface area (Å²) < 4.78 is 12.6. The minimum Gasteiger partial charge on any atom is -0.490 e. The summed E-state index contributed by atoms with van der Waals surface area (Å²) in [6.07, 6.45) is 2.54. The number of piperidine rings is 1. The molecule has 1 fully saturated rings. The third-order valence-corrected chi connectivity index (χ3v) is 7.82. The first-order valence-corrected chi connectivity index (χ1v) is 13.8. The van der Waals surface area contributed by atoms with Gasteiger partial charge < -0.3 is 24.4 Å². The van der Waals surface area contributed by atoms with Crippen LogP contribution in [-0.2, 0) is 13.0 Å². The number of carbonyl (C=O) groups excluding carboxylic acids is 1. The molecule has 7 heteroatoms. The lowest BCUT2D eigenvalue weighted by Gasteiger charge is -2.33. The van der Waals surface area contributed by atoms with Crippen molar-refractivity contribution in [3.05, 3.63) is 59.2 Å². The number of amides is 1. The molecular weight excluding hydrogens is 466 g/mol. The van der Waals surface area contributed by atoms with Crippen molar-refractivity contribution < 1.29 is 19.4 Å². The molecule has 1 amide bonds. The minimum absolute atomic E-state index is 0.105. The first-order chi connectivity index (χ1) is 17.8. The van der Waals surface area contributed by atoms with Gasteiger partial charge in [0.2, 0.25) is 0 Å². The van der Waals surface area contributed by atoms with Gasteiger partial charge in [-0.25, -0.2) is 0 Å². The van der Waals surface area contributed by atoms with Crippen LogP contribution in [0.3, 0.4) is 0 Å². The molecule has 1 atom stereocenters. The van der Waals surface area contributed by atoms with E-state index >= 15 is 0 Å². The molecule has 3 aliphatic rings. The molecule has 0 bridgehead atoms. The van der Waals surface area contributed by atoms with Crippen molar-refractivity contribution in [3.63, 3.8) is 0 Å². The quantitative estimate of drug-likeness (QED) is 0.618. The van der Waals surface area contributed by atoms with Crippen LogP contribution in [0, 0.1) is 0 Å². The van der Waals surface area contributed by atoms with E-state index < -0.39 is 11.7 Å². The van der Waals surface area contributed by atoms with Crippen molar-refractivity contribution in [2.75, 3.05) is 45.8 Å². The Bertz CT molecular complexity index is 1100. The highest BCUT2D eigenvalue weighted by atomic mass is 16.5. The van der Waals surface area contributed by atoms with Crippen molar-refractivity contribution >= 4 is 5.91 Å². The van der Waals surface area contributed by atoms with Crippen LogP contribution in [0.5, 0.6) is 11.5 Å². The maximum absolute atomic E-state index is 13.6. The Kier molecular flexibility index (Phi) is 7.75. The lowest BCUT2D eigenvalue weighted by Crippen LogP contribution is -2.48. The number of aliphatic hydroxyl groups is 1. The van der Waals surface area contributed by atoms with Crippen LogP contribution in [0.1, 0.15) is 55.1 Å². The van der Waals surface area contributed by atoms with Crippen LogP contribution >= 0.6 is 0 Å². The van der Waals surface area contributed by atoms with E-state index in [1.807, 2.05) is 32.0 Å². The first kappa shape index (κ1) is 26.0. The molecular formula is C30H41N3O4. The normalized spacial score (nSPS) is 21.5. The summed E-state index contributed by atoms with van der Waals surface area (Å²) in [6.45, 7) is 12.3. The van der Waals surface area contributed by atoms with Crippen molar-refractivity contribution in [2.45, 2.75) is 64.4 Å². The number of nitrogens with zero attached hydrogens (tertiary/aromatic N) is 3. The molecule has 0 radical (unpaired) electrons. The number of aliphatic hydroxyl groups excluding tert-OH is 1. The number of hydrogen-bond acceptors (Lipinski definition) is 6. The molecule has 7 nitrogen and oxygen atoms in total. The van der Waals surface area contributed by atoms with Gasteiger partial charge in [0.25, 0.3) is 5.91 Å². The number of likely N-dealkylation sites (tertiary alicyclic amines) is 1. The topological polar surface area (TPSA) is 65.5 Å². The third-order valence-electron chi connectivity index (χ3n) is 7.82. The minimum atomic E-state index is -0.636. The van der Waals surface area contributed by atoms with Gasteiger partial charge in [-0.05, 0) is 62.9 Å². The Labute approximate surface area is 221 Å². The fourth-order valence-electron chi connectivity index (χ4n) is 5.87. The van der Waals surface area contributed by atoms with Crippen LogP contribution in [-0.4, -0.2) is 89.3 Å². The Hall–Kier alpha value is -2.61. The van der Waals surface area contributed by atoms with Gasteiger partial charge in [-0.2, -0.15) is 0 Å². The molecule has 5 rings (SSSR count). The zero-order chi connectivity index (χ0) is 26.0. The van der Waals surface area contributed by atoms with Gasteiger partial charge in [0, 0.05) is 45.3 Å². The van der Waals surface area contributed by atoms with E-state index in [1.54, 1.807) is 4.90 Å². The monoisotopic (exact) mass is 507 g/mol. The summed E-state index contributed by atoms with van der Waals surface area (Å²) in [5.74, 6) is 1.20. The lowest BCUT2D eigenvalue weighted by atomic mass is 9.99. The molecule has 0 spiro atoms. The zero-order valence-corrected chi connectivity index (χ0v) is 22.5. The second-order valence-corrected chi connectivity index (χ2v) is 11.4. The van der Waals surface area contributed by atoms with Crippen molar-refractivity contribution in [1.82, 2.24) is 14.7 Å². The van der Waals surface area contributed by atoms with Crippen molar-refractivity contribution in [3.8, 4) is 11.5 Å². The third kappa shape index (κ3) is 6.28. The Morgan fingerprint density at radius 3 is 2.57 bits per heavy atom. The molecule has 0 aromatic heterocycles. The van der Waals surface area contributed by atoms with E-state index in [-0.39, 0.29) is 18.6 Å². The number of rotatable bonds is 7. The molecule has 1 saturated heterocycles. The number of hydrogen-bond donors (Lipinski definition) is 1. The molecule has 37 heavy (non-hydrogen) atoms. The largest absolute Gasteiger partial charge is 0.490 e. The summed E-state index contributed by atoms with van der Waals surface area (Å²) >= 11 is 0. The number of ether oxygens (including phenoxy) is 2. The van der Waals surface area contributed by atoms with Gasteiger partial charge in [-0.3, -0.25) is 9.69 Å². The molecule has 2 aromatic carbocycles. The first-order valence-electron chi connectivity index (χ1n) is 13.8. The highest BCUT2D eigenvalue weighted by Gasteiger charge is 2.35. The maximum Gasteiger partial charge on any atom is 0.257 e. The van der Waals surface area contributed by atoms with Crippen LogP contribution < -0.4 is 9.47 Å². The lowest BCUT2D eigenvalue weighted by molar-refractivity contribution is 0.0286. The molecule has 2 aromatic rings. The SMILES string of the molecule is CCN1CCC(Oc2ccc3c(c2)OC(C)(C)CN(C[C@H](O)CN2CCc4ccccc4C2)C3=O)CC1. The average molecular weight is 508 g/mol. The standard InChI is InChI=1S/C30H41N3O4/c1-4-31-15-12-25(13-16-31)36-26-9-10-27-28(17-26)37-30(2,3)21-33(29(27)35)20-24(34)19-32-14-11-22-7-5-6-8-23(22)18-32/h5-10,17,24-25,34H,4,11-16,18-21H2,1-3H3/t24-/m1/s1. The predicted octanol–water partition coefficient (Wildman–Crippen LogP) is 3.58. The van der Waals surface area contributed by atoms with Crippen LogP contribution in [0.25, 0.3) is 0 Å². The summed E-state index contributed by atoms with van der Waals surface area (Å²) in [5, 5.41) is 11.0. The van der Waals surface area contributed by atoms with Gasteiger partial charge in [0.15, 0.2) is 0 Å². The Morgan fingerprint density at radius 1 is 1.05 bits per heavy atom. The zero-order valence-electron chi connectivity index (χ0n) is 22.5. The molecule has 0 aliphatic carbocycles. The highest BCUT2D eigenvalue weighted by molar-refractivity contribution is 5.97. The summed E-state index contributed by atoms with van der Waals surface area (Å²) in [4.78, 5) is 20.0. The maximum atomic E-state index is 13.6. The second-order valence-electron chi connectivity index (χ2n) is 11.4. The highest BCUT2D eigenvalue weighted by Crippen LogP contribution is 2.34. The van der Waals surface area contributed by atoms with E-state index in [2.05, 4.69) is 41.0 Å². The van der Waals surface area contributed by atoms with Crippen molar-refractivity contribution in [2.24, 2.45) is 0 Å². The molecule has 3 aliphatic heterocycles. The van der Waals surface area contributed by atoms with Crippen molar-refractivity contribution in [1.29, 1.82) is 0 Å². The van der Waals surface area contributed by atoms with E-state index in [0.717, 1.165) is 57.7 Å². The predicted molar refractivity (Wildman–Crippen MR) is 144 cm³/mol. The van der Waals surface area contributed by atoms with Gasteiger partial charge in [-0.15, -0.1) is 0 Å². The van der Waals surface area contributed by atoms with Crippen LogP contribution in [0.4, 0.5) is 0 Å². The second kappa shape index (κ2) is 11.0. The fraction of sp³-hybridized carbons (Fsp3) is 0.567. The molecule has 3 heterocycles. The van der Waals surface area contributed by atoms with Gasteiger partial charge in [0.05, 0.1) is 18.2 Å². The van der Waals surface area contributed by atoms with Crippen LogP contribution in [0.2, 0.25) is 0 Å². The molecule has 200 valence electrons. The number of fused-ring (bicyclic) bond motifs is 2. The summed E-state index contributed by atoms with van der Waals surface area (Å²) in [6, 6.07) is 14.1. The Morgan fingerprint density at radius 2 is 1.81 bits per heavy atom. The average Bonchev–Trinajstić information content (AvgIpc) is 2.97. The summed E-state index contributed by atoms with van der Waals surface area (Å²) in [5.41, 5.74) is 2.65. The van der Waals surface area contributed by atoms with E-state index in [4.69, 9.17) is 9.47 Å². The number of β-amino-alcohol motifs (C(OH)–C–C–N with tert-alkyl or cyclic N) is 1.